The molecule has 1 atom stereocenters. The van der Waals surface area contributed by atoms with Crippen LogP contribution in [0.3, 0.4) is 0 Å². The fourth-order valence-corrected chi connectivity index (χ4v) is 3.02. The average Bonchev–Trinajstić information content (AvgIpc) is 2.27. The Kier molecular flexibility index (Phi) is 3.70. The number of hydrogen-bond acceptors (Lipinski definition) is 3. The number of likely N-dealkylation sites (tertiary alicyclic amines) is 1. The van der Waals surface area contributed by atoms with Crippen molar-refractivity contribution in [1.29, 1.82) is 0 Å². The summed E-state index contributed by atoms with van der Waals surface area (Å²) in [5, 5.41) is 13.3. The minimum atomic E-state index is -0.591. The predicted molar refractivity (Wildman–Crippen MR) is 71.2 cm³/mol. The number of aliphatic hydroxyl groups is 1. The highest BCUT2D eigenvalue weighted by Gasteiger charge is 2.40. The molecule has 2 saturated heterocycles. The van der Waals surface area contributed by atoms with Crippen molar-refractivity contribution < 1.29 is 9.90 Å². The molecule has 0 spiro atoms. The molecule has 2 rings (SSSR count). The molecule has 2 fully saturated rings. The molecule has 1 unspecified atom stereocenters. The van der Waals surface area contributed by atoms with E-state index in [9.17, 15) is 9.90 Å². The SMILES string of the molecule is CC1(O)CCN(C(=O)C2NCCCC2(C)C)CC1. The molecular weight excluding hydrogens is 228 g/mol. The van der Waals surface area contributed by atoms with Gasteiger partial charge in [0, 0.05) is 13.1 Å². The minimum absolute atomic E-state index is 0.0370. The number of amides is 1. The first-order valence-corrected chi connectivity index (χ1v) is 7.06. The number of nitrogens with one attached hydrogen (secondary N) is 1. The van der Waals surface area contributed by atoms with Gasteiger partial charge in [0.2, 0.25) is 5.91 Å². The van der Waals surface area contributed by atoms with E-state index in [0.29, 0.717) is 25.9 Å². The van der Waals surface area contributed by atoms with Crippen molar-refractivity contribution in [1.82, 2.24) is 10.2 Å². The molecule has 2 aliphatic heterocycles. The lowest BCUT2D eigenvalue weighted by Crippen LogP contribution is -2.58. The number of rotatable bonds is 1. The summed E-state index contributed by atoms with van der Waals surface area (Å²) in [6.07, 6.45) is 3.62. The fourth-order valence-electron chi connectivity index (χ4n) is 3.02. The average molecular weight is 254 g/mol. The lowest BCUT2D eigenvalue weighted by molar-refractivity contribution is -0.141. The van der Waals surface area contributed by atoms with E-state index in [0.717, 1.165) is 19.4 Å². The zero-order chi connectivity index (χ0) is 13.4. The number of nitrogens with zero attached hydrogens (tertiary/aromatic N) is 1. The van der Waals surface area contributed by atoms with Crippen LogP contribution < -0.4 is 5.32 Å². The van der Waals surface area contributed by atoms with Gasteiger partial charge in [-0.2, -0.15) is 0 Å². The molecule has 0 saturated carbocycles. The molecule has 0 aromatic carbocycles. The van der Waals surface area contributed by atoms with Crippen molar-refractivity contribution in [3.05, 3.63) is 0 Å². The molecule has 0 aromatic rings. The summed E-state index contributed by atoms with van der Waals surface area (Å²) in [6.45, 7) is 8.49. The van der Waals surface area contributed by atoms with Gasteiger partial charge in [-0.25, -0.2) is 0 Å². The van der Waals surface area contributed by atoms with Gasteiger partial charge in [-0.1, -0.05) is 13.8 Å². The van der Waals surface area contributed by atoms with E-state index in [2.05, 4.69) is 19.2 Å². The summed E-state index contributed by atoms with van der Waals surface area (Å²) in [4.78, 5) is 14.5. The first-order valence-electron chi connectivity index (χ1n) is 7.06. The Morgan fingerprint density at radius 2 is 1.83 bits per heavy atom. The van der Waals surface area contributed by atoms with Crippen LogP contribution in [0.5, 0.6) is 0 Å². The zero-order valence-electron chi connectivity index (χ0n) is 11.8. The van der Waals surface area contributed by atoms with E-state index >= 15 is 0 Å². The molecule has 0 aliphatic carbocycles. The molecule has 0 radical (unpaired) electrons. The van der Waals surface area contributed by atoms with Gasteiger partial charge < -0.3 is 15.3 Å². The van der Waals surface area contributed by atoms with E-state index in [1.54, 1.807) is 0 Å². The standard InChI is InChI=1S/C14H26N2O2/c1-13(2)5-4-8-15-11(13)12(17)16-9-6-14(3,18)7-10-16/h11,15,18H,4-10H2,1-3H3. The summed E-state index contributed by atoms with van der Waals surface area (Å²) in [6, 6.07) is -0.0608. The fraction of sp³-hybridized carbons (Fsp3) is 0.929. The molecule has 0 bridgehead atoms. The van der Waals surface area contributed by atoms with Crippen molar-refractivity contribution in [2.45, 2.75) is 58.1 Å². The van der Waals surface area contributed by atoms with Gasteiger partial charge in [0.05, 0.1) is 11.6 Å². The normalized spacial score (nSPS) is 31.1. The molecule has 1 amide bonds. The van der Waals surface area contributed by atoms with Crippen molar-refractivity contribution in [3.63, 3.8) is 0 Å². The van der Waals surface area contributed by atoms with Crippen LogP contribution in [0.25, 0.3) is 0 Å². The summed E-state index contributed by atoms with van der Waals surface area (Å²) >= 11 is 0. The van der Waals surface area contributed by atoms with E-state index < -0.39 is 5.60 Å². The van der Waals surface area contributed by atoms with E-state index in [-0.39, 0.29) is 17.4 Å². The van der Waals surface area contributed by atoms with Gasteiger partial charge in [-0.05, 0) is 44.6 Å². The van der Waals surface area contributed by atoms with Gasteiger partial charge in [-0.3, -0.25) is 4.79 Å². The molecule has 2 aliphatic rings. The van der Waals surface area contributed by atoms with Crippen LogP contribution in [-0.4, -0.2) is 47.2 Å². The highest BCUT2D eigenvalue weighted by Crippen LogP contribution is 2.32. The Balaban J connectivity index is 1.99. The van der Waals surface area contributed by atoms with Crippen molar-refractivity contribution in [2.75, 3.05) is 19.6 Å². The van der Waals surface area contributed by atoms with Crippen LogP contribution in [0.2, 0.25) is 0 Å². The first-order chi connectivity index (χ1) is 8.32. The van der Waals surface area contributed by atoms with E-state index in [4.69, 9.17) is 0 Å². The van der Waals surface area contributed by atoms with Gasteiger partial charge in [-0.15, -0.1) is 0 Å². The first kappa shape index (κ1) is 13.8. The van der Waals surface area contributed by atoms with E-state index in [1.807, 2.05) is 11.8 Å². The third-order valence-corrected chi connectivity index (χ3v) is 4.53. The van der Waals surface area contributed by atoms with Crippen LogP contribution in [0.4, 0.5) is 0 Å². The second kappa shape index (κ2) is 4.82. The monoisotopic (exact) mass is 254 g/mol. The summed E-state index contributed by atoms with van der Waals surface area (Å²) < 4.78 is 0. The van der Waals surface area contributed by atoms with Gasteiger partial charge in [0.25, 0.3) is 0 Å². The van der Waals surface area contributed by atoms with Crippen LogP contribution in [0, 0.1) is 5.41 Å². The number of piperidine rings is 2. The highest BCUT2D eigenvalue weighted by molar-refractivity contribution is 5.83. The summed E-state index contributed by atoms with van der Waals surface area (Å²) in [5.74, 6) is 0.218. The molecular formula is C14H26N2O2. The Morgan fingerprint density at radius 3 is 2.39 bits per heavy atom. The summed E-state index contributed by atoms with van der Waals surface area (Å²) in [5.41, 5.74) is -0.554. The lowest BCUT2D eigenvalue weighted by atomic mass is 9.76. The smallest absolute Gasteiger partial charge is 0.240 e. The minimum Gasteiger partial charge on any atom is -0.390 e. The second-order valence-electron chi connectivity index (χ2n) is 6.80. The Labute approximate surface area is 110 Å². The Hall–Kier alpha value is -0.610. The topological polar surface area (TPSA) is 52.6 Å². The van der Waals surface area contributed by atoms with Crippen molar-refractivity contribution in [3.8, 4) is 0 Å². The predicted octanol–water partition coefficient (Wildman–Crippen LogP) is 1.14. The zero-order valence-corrected chi connectivity index (χ0v) is 11.8. The molecule has 4 heteroatoms. The molecule has 2 N–H and O–H groups in total. The van der Waals surface area contributed by atoms with Gasteiger partial charge >= 0.3 is 0 Å². The van der Waals surface area contributed by atoms with Crippen LogP contribution in [-0.2, 0) is 4.79 Å². The number of carbonyl (C=O) groups excluding carboxylic acids is 1. The third kappa shape index (κ3) is 2.86. The van der Waals surface area contributed by atoms with Crippen molar-refractivity contribution in [2.24, 2.45) is 5.41 Å². The molecule has 2 heterocycles. The second-order valence-corrected chi connectivity index (χ2v) is 6.80. The molecule has 4 nitrogen and oxygen atoms in total. The van der Waals surface area contributed by atoms with Gasteiger partial charge in [0.1, 0.15) is 0 Å². The molecule has 0 aromatic heterocycles. The van der Waals surface area contributed by atoms with E-state index in [1.165, 1.54) is 0 Å². The molecule has 18 heavy (non-hydrogen) atoms. The van der Waals surface area contributed by atoms with Crippen LogP contribution in [0.15, 0.2) is 0 Å². The third-order valence-electron chi connectivity index (χ3n) is 4.53. The Bertz CT molecular complexity index is 316. The molecule has 104 valence electrons. The Morgan fingerprint density at radius 1 is 1.22 bits per heavy atom. The highest BCUT2D eigenvalue weighted by atomic mass is 16.3. The van der Waals surface area contributed by atoms with Crippen molar-refractivity contribution >= 4 is 5.91 Å². The number of carbonyl (C=O) groups is 1. The number of hydrogen-bond donors (Lipinski definition) is 2. The lowest BCUT2D eigenvalue weighted by Gasteiger charge is -2.43. The largest absolute Gasteiger partial charge is 0.390 e. The maximum atomic E-state index is 12.6. The van der Waals surface area contributed by atoms with Crippen LogP contribution >= 0.6 is 0 Å². The summed E-state index contributed by atoms with van der Waals surface area (Å²) in [7, 11) is 0. The van der Waals surface area contributed by atoms with Crippen LogP contribution in [0.1, 0.15) is 46.5 Å². The maximum Gasteiger partial charge on any atom is 0.240 e. The van der Waals surface area contributed by atoms with Gasteiger partial charge in [0.15, 0.2) is 0 Å². The maximum absolute atomic E-state index is 12.6. The quantitative estimate of drug-likeness (QED) is 0.738.